The van der Waals surface area contributed by atoms with Crippen LogP contribution in [-0.2, 0) is 16.0 Å². The number of amides is 1. The van der Waals surface area contributed by atoms with Gasteiger partial charge in [0.25, 0.3) is 0 Å². The van der Waals surface area contributed by atoms with Gasteiger partial charge >= 0.3 is 0 Å². The fraction of sp³-hybridized carbons (Fsp3) is 0.560. The highest BCUT2D eigenvalue weighted by Crippen LogP contribution is 2.37. The Balaban J connectivity index is 1.12. The summed E-state index contributed by atoms with van der Waals surface area (Å²) in [5.41, 5.74) is 0.920. The lowest BCUT2D eigenvalue weighted by Crippen LogP contribution is -2.57. The van der Waals surface area contributed by atoms with Gasteiger partial charge in [-0.05, 0) is 49.4 Å². The van der Waals surface area contributed by atoms with Crippen LogP contribution in [0.4, 0.5) is 5.82 Å². The maximum Gasteiger partial charge on any atom is 0.227 e. The lowest BCUT2D eigenvalue weighted by Gasteiger charge is -2.49. The van der Waals surface area contributed by atoms with Crippen molar-refractivity contribution in [2.24, 2.45) is 0 Å². The Morgan fingerprint density at radius 2 is 1.88 bits per heavy atom. The minimum absolute atomic E-state index is 0.0634. The Labute approximate surface area is 190 Å². The van der Waals surface area contributed by atoms with Gasteiger partial charge in [0.1, 0.15) is 5.82 Å². The van der Waals surface area contributed by atoms with Crippen molar-refractivity contribution in [3.63, 3.8) is 0 Å². The first kappa shape index (κ1) is 21.3. The molecule has 2 aromatic rings. The minimum atomic E-state index is -0.0634. The first-order chi connectivity index (χ1) is 15.7. The second-order valence-electron chi connectivity index (χ2n) is 9.31. The fourth-order valence-electron chi connectivity index (χ4n) is 5.47. The summed E-state index contributed by atoms with van der Waals surface area (Å²) < 4.78 is 6.37. The SMILES string of the molecule is O=C(Cc1cccnc1)N1CCC2(CC1)C[C@H](N1CCN(c3ccccn3)CC1)CCO2. The van der Waals surface area contributed by atoms with Crippen molar-refractivity contribution in [2.45, 2.75) is 43.7 Å². The number of ether oxygens (including phenoxy) is 1. The average molecular weight is 436 g/mol. The fourth-order valence-corrected chi connectivity index (χ4v) is 5.47. The summed E-state index contributed by atoms with van der Waals surface area (Å²) in [6.07, 6.45) is 9.91. The van der Waals surface area contributed by atoms with Crippen LogP contribution in [0.2, 0.25) is 0 Å². The highest BCUT2D eigenvalue weighted by molar-refractivity contribution is 5.78. The molecule has 2 aromatic heterocycles. The van der Waals surface area contributed by atoms with Crippen molar-refractivity contribution in [3.8, 4) is 0 Å². The van der Waals surface area contributed by atoms with E-state index in [2.05, 4.69) is 31.9 Å². The van der Waals surface area contributed by atoms with E-state index in [1.807, 2.05) is 29.3 Å². The van der Waals surface area contributed by atoms with Crippen LogP contribution in [0.1, 0.15) is 31.2 Å². The predicted octanol–water partition coefficient (Wildman–Crippen LogP) is 2.38. The van der Waals surface area contributed by atoms with E-state index in [1.165, 1.54) is 0 Å². The number of hydrogen-bond acceptors (Lipinski definition) is 6. The van der Waals surface area contributed by atoms with Gasteiger partial charge in [-0.2, -0.15) is 0 Å². The number of hydrogen-bond donors (Lipinski definition) is 0. The number of piperidine rings is 1. The molecule has 0 aromatic carbocycles. The van der Waals surface area contributed by atoms with Gasteiger partial charge in [0.2, 0.25) is 5.91 Å². The minimum Gasteiger partial charge on any atom is -0.375 e. The Morgan fingerprint density at radius 1 is 1.03 bits per heavy atom. The van der Waals surface area contributed by atoms with Crippen molar-refractivity contribution in [3.05, 3.63) is 54.5 Å². The van der Waals surface area contributed by atoms with Gasteiger partial charge in [-0.3, -0.25) is 14.7 Å². The molecule has 3 aliphatic heterocycles. The molecule has 0 radical (unpaired) electrons. The monoisotopic (exact) mass is 435 g/mol. The summed E-state index contributed by atoms with van der Waals surface area (Å²) >= 11 is 0. The average Bonchev–Trinajstić information content (AvgIpc) is 2.86. The lowest BCUT2D eigenvalue weighted by molar-refractivity contribution is -0.148. The summed E-state index contributed by atoms with van der Waals surface area (Å²) in [5, 5.41) is 0. The topological polar surface area (TPSA) is 61.8 Å². The number of carbonyl (C=O) groups is 1. The molecule has 5 rings (SSSR count). The number of anilines is 1. The summed E-state index contributed by atoms with van der Waals surface area (Å²) in [5.74, 6) is 1.28. The van der Waals surface area contributed by atoms with Gasteiger partial charge in [0.15, 0.2) is 0 Å². The number of likely N-dealkylation sites (tertiary alicyclic amines) is 1. The highest BCUT2D eigenvalue weighted by Gasteiger charge is 2.42. The van der Waals surface area contributed by atoms with Crippen molar-refractivity contribution in [1.82, 2.24) is 19.8 Å². The van der Waals surface area contributed by atoms with E-state index in [1.54, 1.807) is 12.4 Å². The molecule has 7 nitrogen and oxygen atoms in total. The molecule has 3 aliphatic rings. The molecule has 0 aliphatic carbocycles. The zero-order chi connectivity index (χ0) is 21.8. The van der Waals surface area contributed by atoms with Gasteiger partial charge in [0.05, 0.1) is 12.0 Å². The Kier molecular flexibility index (Phi) is 6.37. The number of rotatable bonds is 4. The summed E-state index contributed by atoms with van der Waals surface area (Å²) in [7, 11) is 0. The van der Waals surface area contributed by atoms with Crippen LogP contribution in [0.3, 0.4) is 0 Å². The zero-order valence-electron chi connectivity index (χ0n) is 18.7. The molecule has 170 valence electrons. The number of nitrogens with zero attached hydrogens (tertiary/aromatic N) is 5. The molecule has 0 N–H and O–H groups in total. The number of piperazine rings is 1. The van der Waals surface area contributed by atoms with E-state index in [0.29, 0.717) is 12.5 Å². The van der Waals surface area contributed by atoms with Crippen molar-refractivity contribution < 1.29 is 9.53 Å². The third-order valence-corrected chi connectivity index (χ3v) is 7.38. The number of pyridine rings is 2. The molecule has 3 saturated heterocycles. The third-order valence-electron chi connectivity index (χ3n) is 7.38. The maximum atomic E-state index is 12.7. The summed E-state index contributed by atoms with van der Waals surface area (Å²) in [6, 6.07) is 10.6. The van der Waals surface area contributed by atoms with Crippen LogP contribution in [0.25, 0.3) is 0 Å². The molecule has 7 heteroatoms. The second kappa shape index (κ2) is 9.55. The van der Waals surface area contributed by atoms with E-state index < -0.39 is 0 Å². The molecule has 1 amide bonds. The molecule has 0 bridgehead atoms. The van der Waals surface area contributed by atoms with Crippen molar-refractivity contribution >= 4 is 11.7 Å². The van der Waals surface area contributed by atoms with Gasteiger partial charge in [-0.1, -0.05) is 12.1 Å². The van der Waals surface area contributed by atoms with E-state index in [0.717, 1.165) is 82.9 Å². The molecule has 0 saturated carbocycles. The molecule has 1 spiro atoms. The van der Waals surface area contributed by atoms with Crippen LogP contribution in [0, 0.1) is 0 Å². The maximum absolute atomic E-state index is 12.7. The smallest absolute Gasteiger partial charge is 0.227 e. The Morgan fingerprint density at radius 3 is 2.59 bits per heavy atom. The molecule has 0 unspecified atom stereocenters. The predicted molar refractivity (Wildman–Crippen MR) is 123 cm³/mol. The summed E-state index contributed by atoms with van der Waals surface area (Å²) in [4.78, 5) is 28.4. The summed E-state index contributed by atoms with van der Waals surface area (Å²) in [6.45, 7) is 6.61. The third kappa shape index (κ3) is 4.79. The molecular weight excluding hydrogens is 402 g/mol. The Hall–Kier alpha value is -2.51. The van der Waals surface area contributed by atoms with Gasteiger partial charge in [-0.25, -0.2) is 4.98 Å². The number of aromatic nitrogens is 2. The van der Waals surface area contributed by atoms with Gasteiger partial charge in [-0.15, -0.1) is 0 Å². The quantitative estimate of drug-likeness (QED) is 0.735. The lowest BCUT2D eigenvalue weighted by atomic mass is 9.81. The van der Waals surface area contributed by atoms with Crippen molar-refractivity contribution in [1.29, 1.82) is 0 Å². The van der Waals surface area contributed by atoms with Crippen LogP contribution >= 0.6 is 0 Å². The Bertz CT molecular complexity index is 878. The zero-order valence-corrected chi connectivity index (χ0v) is 18.7. The van der Waals surface area contributed by atoms with Gasteiger partial charge in [0, 0.05) is 70.5 Å². The first-order valence-corrected chi connectivity index (χ1v) is 11.9. The van der Waals surface area contributed by atoms with E-state index >= 15 is 0 Å². The second-order valence-corrected chi connectivity index (χ2v) is 9.31. The molecule has 5 heterocycles. The number of carbonyl (C=O) groups excluding carboxylic acids is 1. The van der Waals surface area contributed by atoms with Gasteiger partial charge < -0.3 is 14.5 Å². The molecule has 32 heavy (non-hydrogen) atoms. The molecule has 3 fully saturated rings. The molecule has 1 atom stereocenters. The van der Waals surface area contributed by atoms with E-state index in [-0.39, 0.29) is 11.5 Å². The first-order valence-electron chi connectivity index (χ1n) is 11.9. The van der Waals surface area contributed by atoms with Crippen LogP contribution in [0.15, 0.2) is 48.9 Å². The van der Waals surface area contributed by atoms with Crippen LogP contribution in [-0.4, -0.2) is 83.2 Å². The highest BCUT2D eigenvalue weighted by atomic mass is 16.5. The van der Waals surface area contributed by atoms with Crippen LogP contribution in [0.5, 0.6) is 0 Å². The molecular formula is C25H33N5O2. The largest absolute Gasteiger partial charge is 0.375 e. The van der Waals surface area contributed by atoms with E-state index in [4.69, 9.17) is 4.74 Å². The van der Waals surface area contributed by atoms with Crippen LogP contribution < -0.4 is 4.90 Å². The van der Waals surface area contributed by atoms with Crippen molar-refractivity contribution in [2.75, 3.05) is 50.8 Å². The van der Waals surface area contributed by atoms with E-state index in [9.17, 15) is 4.79 Å². The standard InChI is InChI=1S/C25H33N5O2/c31-24(18-21-4-3-9-26-20-21)30-11-7-25(8-12-30)19-22(6-17-32-25)28-13-15-29(16-14-28)23-5-1-2-10-27-23/h1-5,9-10,20,22H,6-8,11-19H2/t22-/m1/s1. The normalized spacial score (nSPS) is 23.9.